The van der Waals surface area contributed by atoms with E-state index in [1.54, 1.807) is 13.0 Å². The van der Waals surface area contributed by atoms with Gasteiger partial charge in [0.2, 0.25) is 0 Å². The number of hydrogen-bond acceptors (Lipinski definition) is 3. The summed E-state index contributed by atoms with van der Waals surface area (Å²) in [6.07, 6.45) is 4.60. The zero-order chi connectivity index (χ0) is 13.9. The Morgan fingerprint density at radius 2 is 2.22 bits per heavy atom. The number of allylic oxidation sites excluding steroid dienone is 2. The molecule has 1 fully saturated rings. The van der Waals surface area contributed by atoms with Crippen molar-refractivity contribution in [1.29, 1.82) is 0 Å². The predicted molar refractivity (Wildman–Crippen MR) is 72.4 cm³/mol. The van der Waals surface area contributed by atoms with Crippen molar-refractivity contribution in [3.8, 4) is 0 Å². The Bertz CT molecular complexity index is 395. The summed E-state index contributed by atoms with van der Waals surface area (Å²) in [5.41, 5.74) is 0.151. The first-order valence-corrected chi connectivity index (χ1v) is 6.21. The first-order valence-electron chi connectivity index (χ1n) is 6.21. The number of carbonyl (C=O) groups is 1. The molecular formula is C15H22O3. The van der Waals surface area contributed by atoms with E-state index in [0.29, 0.717) is 5.57 Å². The summed E-state index contributed by atoms with van der Waals surface area (Å²) < 4.78 is 5.85. The van der Waals surface area contributed by atoms with Crippen LogP contribution in [-0.4, -0.2) is 22.6 Å². The van der Waals surface area contributed by atoms with E-state index in [9.17, 15) is 9.90 Å². The van der Waals surface area contributed by atoms with E-state index < -0.39 is 0 Å². The van der Waals surface area contributed by atoms with Gasteiger partial charge in [0.25, 0.3) is 0 Å². The van der Waals surface area contributed by atoms with Crippen molar-refractivity contribution in [2.45, 2.75) is 45.3 Å². The monoisotopic (exact) mass is 250 g/mol. The molecule has 0 aromatic rings. The molecule has 100 valence electrons. The molecule has 0 saturated carbocycles. The second-order valence-corrected chi connectivity index (χ2v) is 5.21. The number of ketones is 1. The summed E-state index contributed by atoms with van der Waals surface area (Å²) in [4.78, 5) is 12.0. The molecule has 3 unspecified atom stereocenters. The van der Waals surface area contributed by atoms with Crippen LogP contribution in [0.5, 0.6) is 0 Å². The molecule has 3 heteroatoms. The van der Waals surface area contributed by atoms with Gasteiger partial charge >= 0.3 is 0 Å². The molecule has 1 aliphatic heterocycles. The van der Waals surface area contributed by atoms with Crippen LogP contribution in [0.25, 0.3) is 0 Å². The Morgan fingerprint density at radius 3 is 2.67 bits per heavy atom. The number of carbonyl (C=O) groups excluding carboxylic acids is 1. The van der Waals surface area contributed by atoms with E-state index in [4.69, 9.17) is 4.74 Å². The van der Waals surface area contributed by atoms with Gasteiger partial charge in [-0.05, 0) is 32.3 Å². The summed E-state index contributed by atoms with van der Waals surface area (Å²) in [6.45, 7) is 12.8. The maximum absolute atomic E-state index is 12.0. The highest BCUT2D eigenvalue weighted by Gasteiger charge is 2.37. The van der Waals surface area contributed by atoms with Gasteiger partial charge in [0.1, 0.15) is 5.76 Å². The molecule has 1 aliphatic rings. The highest BCUT2D eigenvalue weighted by atomic mass is 16.5. The largest absolute Gasteiger partial charge is 0.508 e. The summed E-state index contributed by atoms with van der Waals surface area (Å²) >= 11 is 0. The second kappa shape index (κ2) is 5.53. The summed E-state index contributed by atoms with van der Waals surface area (Å²) in [6, 6.07) is 0. The van der Waals surface area contributed by atoms with Gasteiger partial charge < -0.3 is 9.84 Å². The van der Waals surface area contributed by atoms with Crippen molar-refractivity contribution in [3.63, 3.8) is 0 Å². The zero-order valence-corrected chi connectivity index (χ0v) is 11.4. The Labute approximate surface area is 109 Å². The van der Waals surface area contributed by atoms with E-state index in [1.807, 2.05) is 13.8 Å². The van der Waals surface area contributed by atoms with Crippen LogP contribution in [0.1, 0.15) is 33.6 Å². The summed E-state index contributed by atoms with van der Waals surface area (Å²) in [5.74, 6) is -0.460. The lowest BCUT2D eigenvalue weighted by Crippen LogP contribution is -2.28. The predicted octanol–water partition coefficient (Wildman–Crippen LogP) is 3.33. The van der Waals surface area contributed by atoms with E-state index in [1.165, 1.54) is 6.08 Å². The Morgan fingerprint density at radius 1 is 1.61 bits per heavy atom. The molecule has 3 atom stereocenters. The van der Waals surface area contributed by atoms with Crippen LogP contribution in [0, 0.1) is 5.92 Å². The van der Waals surface area contributed by atoms with Gasteiger partial charge in [-0.3, -0.25) is 4.79 Å². The Hall–Kier alpha value is -1.35. The quantitative estimate of drug-likeness (QED) is 0.352. The maximum Gasteiger partial charge on any atom is 0.164 e. The van der Waals surface area contributed by atoms with Crippen LogP contribution < -0.4 is 0 Å². The van der Waals surface area contributed by atoms with Crippen molar-refractivity contribution in [2.24, 2.45) is 5.92 Å². The van der Waals surface area contributed by atoms with Gasteiger partial charge in [-0.25, -0.2) is 0 Å². The normalized spacial score (nSPS) is 29.9. The molecule has 18 heavy (non-hydrogen) atoms. The molecule has 1 rings (SSSR count). The van der Waals surface area contributed by atoms with Crippen molar-refractivity contribution < 1.29 is 14.6 Å². The lowest BCUT2D eigenvalue weighted by atomic mass is 9.95. The lowest BCUT2D eigenvalue weighted by molar-refractivity contribution is -0.123. The third-order valence-electron chi connectivity index (χ3n) is 3.50. The molecule has 3 nitrogen and oxygen atoms in total. The maximum atomic E-state index is 12.0. The highest BCUT2D eigenvalue weighted by Crippen LogP contribution is 2.34. The smallest absolute Gasteiger partial charge is 0.164 e. The highest BCUT2D eigenvalue weighted by molar-refractivity contribution is 5.92. The second-order valence-electron chi connectivity index (χ2n) is 5.21. The SMILES string of the molecule is C=CC1(C)CCC(C(C)C(=O)/C=C(\O)C(=C)C)O1. The number of rotatable bonds is 5. The third-order valence-corrected chi connectivity index (χ3v) is 3.50. The molecule has 1 N–H and O–H groups in total. The van der Waals surface area contributed by atoms with Gasteiger partial charge in [0, 0.05) is 12.0 Å². The van der Waals surface area contributed by atoms with E-state index in [0.717, 1.165) is 12.8 Å². The molecule has 0 aliphatic carbocycles. The Kier molecular flexibility index (Phi) is 4.52. The van der Waals surface area contributed by atoms with Crippen LogP contribution in [0.15, 0.2) is 36.6 Å². The fourth-order valence-electron chi connectivity index (χ4n) is 1.97. The number of aliphatic hydroxyl groups excluding tert-OH is 1. The van der Waals surface area contributed by atoms with Gasteiger partial charge in [-0.2, -0.15) is 0 Å². The molecule has 1 heterocycles. The molecule has 0 bridgehead atoms. The minimum atomic E-state index is -0.334. The number of aliphatic hydroxyl groups is 1. The first-order chi connectivity index (χ1) is 8.29. The zero-order valence-electron chi connectivity index (χ0n) is 11.4. The topological polar surface area (TPSA) is 46.5 Å². The Balaban J connectivity index is 2.69. The van der Waals surface area contributed by atoms with Crippen LogP contribution in [0.2, 0.25) is 0 Å². The van der Waals surface area contributed by atoms with E-state index in [2.05, 4.69) is 13.2 Å². The molecule has 1 saturated heterocycles. The van der Waals surface area contributed by atoms with Gasteiger partial charge in [-0.1, -0.05) is 19.6 Å². The molecule has 0 aromatic heterocycles. The van der Waals surface area contributed by atoms with Crippen LogP contribution >= 0.6 is 0 Å². The van der Waals surface area contributed by atoms with Crippen molar-refractivity contribution in [2.75, 3.05) is 0 Å². The van der Waals surface area contributed by atoms with Crippen molar-refractivity contribution in [1.82, 2.24) is 0 Å². The van der Waals surface area contributed by atoms with E-state index in [-0.39, 0.29) is 29.2 Å². The molecule has 0 spiro atoms. The van der Waals surface area contributed by atoms with Crippen LogP contribution in [0.3, 0.4) is 0 Å². The summed E-state index contributed by atoms with van der Waals surface area (Å²) in [7, 11) is 0. The average Bonchev–Trinajstić information content (AvgIpc) is 2.71. The van der Waals surface area contributed by atoms with E-state index >= 15 is 0 Å². The molecule has 0 radical (unpaired) electrons. The first kappa shape index (κ1) is 14.7. The van der Waals surface area contributed by atoms with Crippen LogP contribution in [0.4, 0.5) is 0 Å². The van der Waals surface area contributed by atoms with Crippen molar-refractivity contribution >= 4 is 5.78 Å². The van der Waals surface area contributed by atoms with Gasteiger partial charge in [0.15, 0.2) is 5.78 Å². The van der Waals surface area contributed by atoms with Gasteiger partial charge in [0.05, 0.1) is 11.7 Å². The van der Waals surface area contributed by atoms with Crippen molar-refractivity contribution in [3.05, 3.63) is 36.6 Å². The fourth-order valence-corrected chi connectivity index (χ4v) is 1.97. The number of hydrogen-bond donors (Lipinski definition) is 1. The lowest BCUT2D eigenvalue weighted by Gasteiger charge is -2.23. The molecule has 0 amide bonds. The minimum Gasteiger partial charge on any atom is -0.508 e. The average molecular weight is 250 g/mol. The molecular weight excluding hydrogens is 228 g/mol. The van der Waals surface area contributed by atoms with Gasteiger partial charge in [-0.15, -0.1) is 6.58 Å². The summed E-state index contributed by atoms with van der Waals surface area (Å²) in [5, 5.41) is 9.52. The number of ether oxygens (including phenoxy) is 1. The third kappa shape index (κ3) is 3.33. The standard InChI is InChI=1S/C15H22O3/c1-6-15(5)8-7-14(18-15)11(4)13(17)9-12(16)10(2)3/h6,9,11,14,16H,1-2,7-8H2,3-5H3/b12-9-. The molecule has 0 aromatic carbocycles. The van der Waals surface area contributed by atoms with Crippen LogP contribution in [-0.2, 0) is 9.53 Å². The minimum absolute atomic E-state index is 0.0590. The fraction of sp³-hybridized carbons (Fsp3) is 0.533.